The summed E-state index contributed by atoms with van der Waals surface area (Å²) in [6.45, 7) is 7.04. The second-order valence-electron chi connectivity index (χ2n) is 4.89. The molecule has 0 radical (unpaired) electrons. The van der Waals surface area contributed by atoms with Crippen LogP contribution in [-0.4, -0.2) is 14.0 Å². The van der Waals surface area contributed by atoms with Crippen molar-refractivity contribution < 1.29 is 8.42 Å². The maximum absolute atomic E-state index is 12.1. The van der Waals surface area contributed by atoms with Gasteiger partial charge < -0.3 is 0 Å². The Hall–Kier alpha value is -0.290. The Morgan fingerprint density at radius 2 is 1.65 bits per heavy atom. The fourth-order valence-electron chi connectivity index (χ4n) is 1.29. The molecule has 0 atom stereocenters. The summed E-state index contributed by atoms with van der Waals surface area (Å²) in [7, 11) is -3.65. The van der Waals surface area contributed by atoms with Crippen LogP contribution in [0.3, 0.4) is 0 Å². The molecule has 0 spiro atoms. The number of sulfonamides is 1. The summed E-state index contributed by atoms with van der Waals surface area (Å²) in [5.74, 6) is 0. The highest BCUT2D eigenvalue weighted by Gasteiger charge is 2.24. The predicted octanol–water partition coefficient (Wildman–Crippen LogP) is 3.38. The molecule has 0 aromatic heterocycles. The second kappa shape index (κ2) is 4.76. The van der Waals surface area contributed by atoms with E-state index in [1.807, 2.05) is 0 Å². The Kier molecular flexibility index (Phi) is 4.14. The standard InChI is InChI=1S/C11H15Cl2NO2S/c1-7-5-9(13)10(6-8(7)12)17(15,16)14-11(2,3)4/h5-6,14H,1-4H3. The molecule has 1 aromatic rings. The van der Waals surface area contributed by atoms with Crippen LogP contribution >= 0.6 is 23.2 Å². The van der Waals surface area contributed by atoms with E-state index in [1.54, 1.807) is 33.8 Å². The zero-order valence-electron chi connectivity index (χ0n) is 10.1. The Bertz CT molecular complexity index is 533. The largest absolute Gasteiger partial charge is 0.242 e. The Balaban J connectivity index is 3.30. The minimum Gasteiger partial charge on any atom is -0.207 e. The summed E-state index contributed by atoms with van der Waals surface area (Å²) in [6.07, 6.45) is 0. The molecule has 0 bridgehead atoms. The third kappa shape index (κ3) is 3.85. The number of halogens is 2. The zero-order chi connectivity index (χ0) is 13.4. The number of hydrogen-bond donors (Lipinski definition) is 1. The average Bonchev–Trinajstić information content (AvgIpc) is 2.06. The number of nitrogens with one attached hydrogen (secondary N) is 1. The first-order valence-electron chi connectivity index (χ1n) is 5.02. The van der Waals surface area contributed by atoms with E-state index in [0.29, 0.717) is 5.02 Å². The summed E-state index contributed by atoms with van der Waals surface area (Å²) in [5.41, 5.74) is 0.172. The lowest BCUT2D eigenvalue weighted by Gasteiger charge is -2.21. The summed E-state index contributed by atoms with van der Waals surface area (Å²) >= 11 is 11.8. The third-order valence-electron chi connectivity index (χ3n) is 1.94. The van der Waals surface area contributed by atoms with Crippen molar-refractivity contribution in [2.24, 2.45) is 0 Å². The molecule has 1 rings (SSSR count). The van der Waals surface area contributed by atoms with Gasteiger partial charge in [-0.05, 0) is 45.4 Å². The van der Waals surface area contributed by atoms with Crippen LogP contribution in [0.2, 0.25) is 10.0 Å². The van der Waals surface area contributed by atoms with Gasteiger partial charge in [0.15, 0.2) is 0 Å². The highest BCUT2D eigenvalue weighted by atomic mass is 35.5. The minimum absolute atomic E-state index is 0.00434. The maximum Gasteiger partial charge on any atom is 0.242 e. The van der Waals surface area contributed by atoms with Crippen LogP contribution in [0.1, 0.15) is 26.3 Å². The van der Waals surface area contributed by atoms with E-state index in [-0.39, 0.29) is 9.92 Å². The smallest absolute Gasteiger partial charge is 0.207 e. The highest BCUT2D eigenvalue weighted by molar-refractivity contribution is 7.89. The van der Waals surface area contributed by atoms with Crippen LogP contribution in [0.15, 0.2) is 17.0 Å². The molecule has 0 unspecified atom stereocenters. The van der Waals surface area contributed by atoms with Gasteiger partial charge >= 0.3 is 0 Å². The van der Waals surface area contributed by atoms with E-state index in [2.05, 4.69) is 4.72 Å². The first-order valence-corrected chi connectivity index (χ1v) is 7.26. The van der Waals surface area contributed by atoms with Gasteiger partial charge in [-0.25, -0.2) is 13.1 Å². The van der Waals surface area contributed by atoms with Crippen molar-refractivity contribution in [3.8, 4) is 0 Å². The van der Waals surface area contributed by atoms with Crippen LogP contribution in [0.4, 0.5) is 0 Å². The monoisotopic (exact) mass is 295 g/mol. The second-order valence-corrected chi connectivity index (χ2v) is 7.35. The van der Waals surface area contributed by atoms with E-state index >= 15 is 0 Å². The molecular formula is C11H15Cl2NO2S. The topological polar surface area (TPSA) is 46.2 Å². The summed E-state index contributed by atoms with van der Waals surface area (Å²) in [6, 6.07) is 2.91. The lowest BCUT2D eigenvalue weighted by Crippen LogP contribution is -2.40. The van der Waals surface area contributed by atoms with Crippen LogP contribution in [0, 0.1) is 6.92 Å². The molecule has 0 aliphatic carbocycles. The van der Waals surface area contributed by atoms with Gasteiger partial charge in [-0.15, -0.1) is 0 Å². The number of rotatable bonds is 2. The molecule has 1 N–H and O–H groups in total. The normalized spacial score (nSPS) is 12.8. The van der Waals surface area contributed by atoms with Gasteiger partial charge in [0.05, 0.1) is 5.02 Å². The SMILES string of the molecule is Cc1cc(Cl)c(S(=O)(=O)NC(C)(C)C)cc1Cl. The molecule has 0 aliphatic heterocycles. The molecule has 1 aromatic carbocycles. The van der Waals surface area contributed by atoms with Crippen molar-refractivity contribution in [2.75, 3.05) is 0 Å². The molecule has 0 saturated carbocycles. The van der Waals surface area contributed by atoms with Crippen molar-refractivity contribution >= 4 is 33.2 Å². The van der Waals surface area contributed by atoms with Crippen molar-refractivity contribution in [1.82, 2.24) is 4.72 Å². The Labute approximate surface area is 112 Å². The quantitative estimate of drug-likeness (QED) is 0.909. The van der Waals surface area contributed by atoms with Gasteiger partial charge in [0.2, 0.25) is 10.0 Å². The van der Waals surface area contributed by atoms with E-state index < -0.39 is 15.6 Å². The van der Waals surface area contributed by atoms with E-state index in [4.69, 9.17) is 23.2 Å². The first-order chi connectivity index (χ1) is 7.53. The van der Waals surface area contributed by atoms with Gasteiger partial charge in [0.1, 0.15) is 4.90 Å². The van der Waals surface area contributed by atoms with Crippen molar-refractivity contribution in [2.45, 2.75) is 38.1 Å². The minimum atomic E-state index is -3.65. The lowest BCUT2D eigenvalue weighted by molar-refractivity contribution is 0.491. The molecule has 0 fully saturated rings. The molecule has 0 heterocycles. The van der Waals surface area contributed by atoms with Gasteiger partial charge in [-0.1, -0.05) is 23.2 Å². The van der Waals surface area contributed by atoms with Gasteiger partial charge in [0.25, 0.3) is 0 Å². The number of aryl methyl sites for hydroxylation is 1. The molecule has 0 saturated heterocycles. The third-order valence-corrected chi connectivity index (χ3v) is 4.57. The number of benzene rings is 1. The van der Waals surface area contributed by atoms with Gasteiger partial charge in [-0.2, -0.15) is 0 Å². The lowest BCUT2D eigenvalue weighted by atomic mass is 10.1. The predicted molar refractivity (Wildman–Crippen MR) is 71.3 cm³/mol. The van der Waals surface area contributed by atoms with Crippen molar-refractivity contribution in [3.05, 3.63) is 27.7 Å². The molecule has 96 valence electrons. The number of hydrogen-bond acceptors (Lipinski definition) is 2. The van der Waals surface area contributed by atoms with Gasteiger partial charge in [-0.3, -0.25) is 0 Å². The molecule has 0 aliphatic rings. The zero-order valence-corrected chi connectivity index (χ0v) is 12.5. The molecule has 6 heteroatoms. The fraction of sp³-hybridized carbons (Fsp3) is 0.455. The molecule has 0 amide bonds. The van der Waals surface area contributed by atoms with E-state index in [1.165, 1.54) is 6.07 Å². The highest BCUT2D eigenvalue weighted by Crippen LogP contribution is 2.28. The average molecular weight is 296 g/mol. The molecule has 3 nitrogen and oxygen atoms in total. The van der Waals surface area contributed by atoms with Crippen molar-refractivity contribution in [1.29, 1.82) is 0 Å². The maximum atomic E-state index is 12.1. The first kappa shape index (κ1) is 14.8. The summed E-state index contributed by atoms with van der Waals surface area (Å²) in [4.78, 5) is 0.00434. The summed E-state index contributed by atoms with van der Waals surface area (Å²) in [5, 5.41) is 0.548. The fourth-order valence-corrected chi connectivity index (χ4v) is 3.55. The van der Waals surface area contributed by atoms with Crippen LogP contribution in [0.5, 0.6) is 0 Å². The van der Waals surface area contributed by atoms with E-state index in [9.17, 15) is 8.42 Å². The summed E-state index contributed by atoms with van der Waals surface area (Å²) < 4.78 is 26.7. The van der Waals surface area contributed by atoms with Crippen LogP contribution in [0.25, 0.3) is 0 Å². The molecule has 17 heavy (non-hydrogen) atoms. The van der Waals surface area contributed by atoms with Crippen LogP contribution in [-0.2, 0) is 10.0 Å². The Morgan fingerprint density at radius 3 is 2.12 bits per heavy atom. The van der Waals surface area contributed by atoms with Crippen LogP contribution < -0.4 is 4.72 Å². The molecular weight excluding hydrogens is 281 g/mol. The Morgan fingerprint density at radius 1 is 1.12 bits per heavy atom. The van der Waals surface area contributed by atoms with Crippen molar-refractivity contribution in [3.63, 3.8) is 0 Å². The van der Waals surface area contributed by atoms with Gasteiger partial charge in [0, 0.05) is 10.6 Å². The van der Waals surface area contributed by atoms with E-state index in [0.717, 1.165) is 5.56 Å².